The molecule has 0 heterocycles. The van der Waals surface area contributed by atoms with Crippen LogP contribution in [-0.2, 0) is 10.0 Å². The van der Waals surface area contributed by atoms with Crippen molar-refractivity contribution in [1.29, 1.82) is 0 Å². The minimum absolute atomic E-state index is 0.0167. The molecule has 8 heteroatoms. The number of anilines is 1. The maximum absolute atomic E-state index is 10.6. The van der Waals surface area contributed by atoms with Gasteiger partial charge in [0.05, 0.1) is 10.7 Å². The summed E-state index contributed by atoms with van der Waals surface area (Å²) in [5.41, 5.74) is 0.589. The molecule has 0 aliphatic carbocycles. The molecule has 0 aliphatic heterocycles. The number of rotatable bonds is 5. The van der Waals surface area contributed by atoms with Gasteiger partial charge in [-0.15, -0.1) is 0 Å². The van der Waals surface area contributed by atoms with Crippen LogP contribution < -0.4 is 10.5 Å². The Kier molecular flexibility index (Phi) is 3.80. The lowest BCUT2D eigenvalue weighted by molar-refractivity contribution is -0.384. The SMILES string of the molecule is NS(=O)(=O)CCNc1ccc([N+](=O)[O-])cc1. The largest absolute Gasteiger partial charge is 0.384 e. The average molecular weight is 245 g/mol. The molecular weight excluding hydrogens is 234 g/mol. The number of primary sulfonamides is 1. The molecule has 0 aliphatic rings. The van der Waals surface area contributed by atoms with Gasteiger partial charge in [-0.25, -0.2) is 13.6 Å². The van der Waals surface area contributed by atoms with Crippen molar-refractivity contribution in [2.45, 2.75) is 0 Å². The molecule has 0 bridgehead atoms. The van der Waals surface area contributed by atoms with Crippen LogP contribution in [0.15, 0.2) is 24.3 Å². The second-order valence-corrected chi connectivity index (χ2v) is 4.83. The summed E-state index contributed by atoms with van der Waals surface area (Å²) in [6.45, 7) is 0.163. The quantitative estimate of drug-likeness (QED) is 0.571. The second kappa shape index (κ2) is 4.90. The standard InChI is InChI=1S/C8H11N3O4S/c9-16(14,15)6-5-10-7-1-3-8(4-2-7)11(12)13/h1-4,10H,5-6H2,(H2,9,14,15). The van der Waals surface area contributed by atoms with Crippen molar-refractivity contribution in [3.63, 3.8) is 0 Å². The summed E-state index contributed by atoms with van der Waals surface area (Å²) in [5.74, 6) is -0.190. The molecule has 1 aromatic rings. The van der Waals surface area contributed by atoms with E-state index < -0.39 is 14.9 Å². The fourth-order valence-electron chi connectivity index (χ4n) is 1.04. The molecule has 88 valence electrons. The van der Waals surface area contributed by atoms with Gasteiger partial charge in [0.15, 0.2) is 0 Å². The van der Waals surface area contributed by atoms with Crippen LogP contribution in [-0.4, -0.2) is 25.6 Å². The highest BCUT2D eigenvalue weighted by Gasteiger charge is 2.04. The first-order valence-corrected chi connectivity index (χ1v) is 6.09. The topological polar surface area (TPSA) is 115 Å². The van der Waals surface area contributed by atoms with Crippen molar-refractivity contribution in [2.24, 2.45) is 5.14 Å². The first-order valence-electron chi connectivity index (χ1n) is 4.37. The van der Waals surface area contributed by atoms with Gasteiger partial charge in [0.25, 0.3) is 5.69 Å². The molecule has 0 atom stereocenters. The van der Waals surface area contributed by atoms with Crippen molar-refractivity contribution in [1.82, 2.24) is 0 Å². The monoisotopic (exact) mass is 245 g/mol. The molecule has 0 spiro atoms. The lowest BCUT2D eigenvalue weighted by atomic mass is 10.3. The molecule has 0 saturated heterocycles. The summed E-state index contributed by atoms with van der Waals surface area (Å²) in [6, 6.07) is 5.67. The number of nitrogens with two attached hydrogens (primary N) is 1. The number of nitro benzene ring substituents is 1. The number of hydrogen-bond donors (Lipinski definition) is 2. The Morgan fingerprint density at radius 3 is 2.31 bits per heavy atom. The Morgan fingerprint density at radius 2 is 1.88 bits per heavy atom. The lowest BCUT2D eigenvalue weighted by Gasteiger charge is -2.04. The van der Waals surface area contributed by atoms with Crippen LogP contribution in [0, 0.1) is 10.1 Å². The minimum atomic E-state index is -3.49. The number of nitro groups is 1. The Morgan fingerprint density at radius 1 is 1.31 bits per heavy atom. The van der Waals surface area contributed by atoms with Crippen molar-refractivity contribution < 1.29 is 13.3 Å². The number of sulfonamides is 1. The minimum Gasteiger partial charge on any atom is -0.384 e. The first-order chi connectivity index (χ1) is 7.38. The Labute approximate surface area is 92.5 Å². The predicted molar refractivity (Wildman–Crippen MR) is 59.6 cm³/mol. The summed E-state index contributed by atoms with van der Waals surface area (Å²) >= 11 is 0. The van der Waals surface area contributed by atoms with Gasteiger partial charge in [0.2, 0.25) is 10.0 Å². The number of non-ortho nitro benzene ring substituents is 1. The molecule has 0 amide bonds. The van der Waals surface area contributed by atoms with Gasteiger partial charge in [0, 0.05) is 24.4 Å². The number of hydrogen-bond acceptors (Lipinski definition) is 5. The van der Waals surface area contributed by atoms with Crippen molar-refractivity contribution in [3.05, 3.63) is 34.4 Å². The molecular formula is C8H11N3O4S. The van der Waals surface area contributed by atoms with Crippen LogP contribution in [0.5, 0.6) is 0 Å². The van der Waals surface area contributed by atoms with E-state index in [0.717, 1.165) is 0 Å². The normalized spacial score (nSPS) is 11.1. The summed E-state index contributed by atoms with van der Waals surface area (Å²) in [7, 11) is -3.49. The molecule has 0 aromatic heterocycles. The van der Waals surface area contributed by atoms with E-state index in [1.54, 1.807) is 0 Å². The first kappa shape index (κ1) is 12.4. The van der Waals surface area contributed by atoms with Crippen molar-refractivity contribution in [3.8, 4) is 0 Å². The lowest BCUT2D eigenvalue weighted by Crippen LogP contribution is -2.22. The zero-order valence-electron chi connectivity index (χ0n) is 8.29. The Hall–Kier alpha value is -1.67. The van der Waals surface area contributed by atoms with E-state index in [2.05, 4.69) is 5.32 Å². The van der Waals surface area contributed by atoms with E-state index in [4.69, 9.17) is 5.14 Å². The molecule has 3 N–H and O–H groups in total. The van der Waals surface area contributed by atoms with E-state index >= 15 is 0 Å². The molecule has 7 nitrogen and oxygen atoms in total. The molecule has 1 rings (SSSR count). The van der Waals surface area contributed by atoms with Gasteiger partial charge in [0.1, 0.15) is 0 Å². The average Bonchev–Trinajstić information content (AvgIpc) is 2.16. The van der Waals surface area contributed by atoms with E-state index in [1.807, 2.05) is 0 Å². The Balaban J connectivity index is 2.53. The zero-order chi connectivity index (χ0) is 12.2. The highest BCUT2D eigenvalue weighted by Crippen LogP contribution is 2.14. The van der Waals surface area contributed by atoms with Crippen LogP contribution in [0.3, 0.4) is 0 Å². The molecule has 1 aromatic carbocycles. The summed E-state index contributed by atoms with van der Waals surface area (Å²) in [6.07, 6.45) is 0. The third-order valence-corrected chi connectivity index (χ3v) is 2.57. The van der Waals surface area contributed by atoms with Gasteiger partial charge in [-0.05, 0) is 12.1 Å². The number of nitrogens with one attached hydrogen (secondary N) is 1. The van der Waals surface area contributed by atoms with Crippen LogP contribution in [0.25, 0.3) is 0 Å². The maximum atomic E-state index is 10.6. The zero-order valence-corrected chi connectivity index (χ0v) is 9.11. The fraction of sp³-hybridized carbons (Fsp3) is 0.250. The van der Waals surface area contributed by atoms with Crippen LogP contribution >= 0.6 is 0 Å². The third-order valence-electron chi connectivity index (χ3n) is 1.79. The maximum Gasteiger partial charge on any atom is 0.269 e. The van der Waals surface area contributed by atoms with Gasteiger partial charge in [-0.2, -0.15) is 0 Å². The second-order valence-electron chi connectivity index (χ2n) is 3.10. The number of nitrogens with zero attached hydrogens (tertiary/aromatic N) is 1. The highest BCUT2D eigenvalue weighted by molar-refractivity contribution is 7.89. The van der Waals surface area contributed by atoms with Gasteiger partial charge >= 0.3 is 0 Å². The smallest absolute Gasteiger partial charge is 0.269 e. The molecule has 16 heavy (non-hydrogen) atoms. The van der Waals surface area contributed by atoms with Crippen LogP contribution in [0.2, 0.25) is 0 Å². The molecule has 0 unspecified atom stereocenters. The van der Waals surface area contributed by atoms with E-state index in [-0.39, 0.29) is 18.0 Å². The molecule has 0 fully saturated rings. The summed E-state index contributed by atoms with van der Waals surface area (Å²) < 4.78 is 21.2. The van der Waals surface area contributed by atoms with Crippen LogP contribution in [0.4, 0.5) is 11.4 Å². The Bertz CT molecular complexity index is 469. The highest BCUT2D eigenvalue weighted by atomic mass is 32.2. The number of benzene rings is 1. The van der Waals surface area contributed by atoms with E-state index in [9.17, 15) is 18.5 Å². The fourth-order valence-corrected chi connectivity index (χ4v) is 1.43. The summed E-state index contributed by atoms with van der Waals surface area (Å²) in [5, 5.41) is 17.9. The van der Waals surface area contributed by atoms with Crippen molar-refractivity contribution in [2.75, 3.05) is 17.6 Å². The van der Waals surface area contributed by atoms with Crippen LogP contribution in [0.1, 0.15) is 0 Å². The van der Waals surface area contributed by atoms with E-state index in [0.29, 0.717) is 5.69 Å². The molecule has 0 saturated carbocycles. The van der Waals surface area contributed by atoms with Crippen molar-refractivity contribution >= 4 is 21.4 Å². The van der Waals surface area contributed by atoms with E-state index in [1.165, 1.54) is 24.3 Å². The summed E-state index contributed by atoms with van der Waals surface area (Å²) in [4.78, 5) is 9.84. The van der Waals surface area contributed by atoms with Gasteiger partial charge in [-0.1, -0.05) is 0 Å². The molecule has 0 radical (unpaired) electrons. The van der Waals surface area contributed by atoms with Gasteiger partial charge < -0.3 is 5.32 Å². The predicted octanol–water partition coefficient (Wildman–Crippen LogP) is 0.295. The van der Waals surface area contributed by atoms with Gasteiger partial charge in [-0.3, -0.25) is 10.1 Å². The third kappa shape index (κ3) is 4.24.